The van der Waals surface area contributed by atoms with E-state index in [1.807, 2.05) is 54.1 Å². The van der Waals surface area contributed by atoms with E-state index in [1.165, 1.54) is 7.11 Å². The molecule has 0 bridgehead atoms. The van der Waals surface area contributed by atoms with Crippen LogP contribution < -0.4 is 9.30 Å². The molecule has 0 unspecified atom stereocenters. The van der Waals surface area contributed by atoms with Crippen LogP contribution in [0.3, 0.4) is 0 Å². The molecule has 2 aromatic carbocycles. The van der Waals surface area contributed by atoms with Gasteiger partial charge in [-0.25, -0.2) is 0 Å². The van der Waals surface area contributed by atoms with Gasteiger partial charge in [0.1, 0.15) is 7.05 Å². The van der Waals surface area contributed by atoms with Crippen molar-refractivity contribution in [2.45, 2.75) is 0 Å². The first-order valence-corrected chi connectivity index (χ1v) is 7.26. The number of aromatic nitrogens is 1. The number of benzene rings is 2. The zero-order valence-corrected chi connectivity index (χ0v) is 13.0. The fourth-order valence-electron chi connectivity index (χ4n) is 2.62. The summed E-state index contributed by atoms with van der Waals surface area (Å²) in [5.74, 6) is 0.806. The molecule has 0 aliphatic heterocycles. The molecular weight excluding hydrogens is 290 g/mol. The molecule has 0 saturated heterocycles. The monoisotopic (exact) mass is 308 g/mol. The lowest BCUT2D eigenvalue weighted by atomic mass is 10.1. The summed E-state index contributed by atoms with van der Waals surface area (Å²) in [5, 5.41) is 20.9. The fourth-order valence-corrected chi connectivity index (χ4v) is 2.62. The van der Waals surface area contributed by atoms with Crippen LogP contribution in [0.5, 0.6) is 17.2 Å². The minimum absolute atomic E-state index is 0.107. The normalized spacial score (nSPS) is 11.2. The maximum absolute atomic E-state index is 10.1. The van der Waals surface area contributed by atoms with E-state index >= 15 is 0 Å². The number of aromatic hydroxyl groups is 2. The molecule has 0 spiro atoms. The number of phenols is 2. The van der Waals surface area contributed by atoms with E-state index in [2.05, 4.69) is 0 Å². The van der Waals surface area contributed by atoms with Gasteiger partial charge in [-0.1, -0.05) is 12.1 Å². The molecule has 0 aliphatic rings. The van der Waals surface area contributed by atoms with Crippen molar-refractivity contribution in [2.24, 2.45) is 7.05 Å². The molecule has 0 radical (unpaired) electrons. The number of aryl methyl sites for hydroxylation is 1. The molecule has 4 nitrogen and oxygen atoms in total. The van der Waals surface area contributed by atoms with E-state index in [9.17, 15) is 10.2 Å². The van der Waals surface area contributed by atoms with Crippen molar-refractivity contribution in [3.63, 3.8) is 0 Å². The van der Waals surface area contributed by atoms with E-state index in [0.717, 1.165) is 22.2 Å². The Morgan fingerprint density at radius 3 is 2.52 bits per heavy atom. The number of hydrogen-bond donors (Lipinski definition) is 2. The number of hydrogen-bond acceptors (Lipinski definition) is 3. The van der Waals surface area contributed by atoms with Crippen molar-refractivity contribution in [1.29, 1.82) is 0 Å². The smallest absolute Gasteiger partial charge is 0.254 e. The summed E-state index contributed by atoms with van der Waals surface area (Å²) in [6, 6.07) is 14.7. The highest BCUT2D eigenvalue weighted by atomic mass is 16.5. The Labute approximate surface area is 134 Å². The van der Waals surface area contributed by atoms with Gasteiger partial charge in [0.2, 0.25) is 5.69 Å². The number of methoxy groups -OCH3 is 1. The van der Waals surface area contributed by atoms with Crippen LogP contribution in [0, 0.1) is 0 Å². The zero-order chi connectivity index (χ0) is 16.4. The van der Waals surface area contributed by atoms with E-state index in [-0.39, 0.29) is 11.5 Å². The fraction of sp³-hybridized carbons (Fsp3) is 0.105. The molecule has 0 fully saturated rings. The highest BCUT2D eigenvalue weighted by Gasteiger charge is 2.13. The lowest BCUT2D eigenvalue weighted by Crippen LogP contribution is -2.32. The Balaban J connectivity index is 2.00. The van der Waals surface area contributed by atoms with Gasteiger partial charge in [-0.05, 0) is 42.0 Å². The first kappa shape index (κ1) is 14.9. The second-order valence-electron chi connectivity index (χ2n) is 5.30. The predicted octanol–water partition coefficient (Wildman–Crippen LogP) is 3.25. The van der Waals surface area contributed by atoms with Crippen molar-refractivity contribution in [1.82, 2.24) is 0 Å². The third kappa shape index (κ3) is 2.83. The molecule has 2 N–H and O–H groups in total. The second-order valence-corrected chi connectivity index (χ2v) is 5.30. The Hall–Kier alpha value is -3.01. The zero-order valence-electron chi connectivity index (χ0n) is 13.0. The van der Waals surface area contributed by atoms with Gasteiger partial charge in [-0.15, -0.1) is 0 Å². The Bertz CT molecular complexity index is 901. The summed E-state index contributed by atoms with van der Waals surface area (Å²) in [7, 11) is 3.43. The van der Waals surface area contributed by atoms with Gasteiger partial charge in [0.05, 0.1) is 12.5 Å². The number of nitrogens with zero attached hydrogens (tertiary/aromatic N) is 1. The largest absolute Gasteiger partial charge is 0.504 e. The number of ether oxygens (including phenoxy) is 1. The maximum atomic E-state index is 10.1. The number of phenolic OH excluding ortho intramolecular Hbond substituents is 2. The Morgan fingerprint density at radius 2 is 1.78 bits per heavy atom. The summed E-state index contributed by atoms with van der Waals surface area (Å²) in [6.07, 6.45) is 3.84. The standard InChI is InChI=1S/C19H17NO3/c1-20-15(10-8-14-4-3-5-16(21)19(14)20)9-6-13-7-11-18(23-2)17(22)12-13/h3-12H,1-2H3,(H-,21,22)/p+1. The van der Waals surface area contributed by atoms with E-state index in [4.69, 9.17) is 4.74 Å². The molecule has 4 heteroatoms. The molecule has 1 aromatic heterocycles. The second kappa shape index (κ2) is 6.01. The average Bonchev–Trinajstić information content (AvgIpc) is 2.54. The first-order valence-electron chi connectivity index (χ1n) is 7.26. The van der Waals surface area contributed by atoms with Crippen LogP contribution in [0.25, 0.3) is 23.1 Å². The van der Waals surface area contributed by atoms with Crippen molar-refractivity contribution in [3.05, 3.63) is 59.8 Å². The van der Waals surface area contributed by atoms with Gasteiger partial charge in [-0.2, -0.15) is 4.57 Å². The van der Waals surface area contributed by atoms with Gasteiger partial charge in [-0.3, -0.25) is 0 Å². The average molecular weight is 308 g/mol. The first-order chi connectivity index (χ1) is 11.1. The van der Waals surface area contributed by atoms with Gasteiger partial charge in [0, 0.05) is 12.1 Å². The van der Waals surface area contributed by atoms with Crippen LogP contribution in [-0.4, -0.2) is 17.3 Å². The van der Waals surface area contributed by atoms with Crippen molar-refractivity contribution in [2.75, 3.05) is 7.11 Å². The number of rotatable bonds is 3. The van der Waals surface area contributed by atoms with Gasteiger partial charge in [0.15, 0.2) is 17.2 Å². The minimum Gasteiger partial charge on any atom is -0.504 e. The van der Waals surface area contributed by atoms with Crippen LogP contribution in [-0.2, 0) is 7.05 Å². The highest BCUT2D eigenvalue weighted by Crippen LogP contribution is 2.27. The molecule has 1 heterocycles. The summed E-state index contributed by atoms with van der Waals surface area (Å²) in [6.45, 7) is 0. The van der Waals surface area contributed by atoms with Crippen LogP contribution in [0.15, 0.2) is 48.5 Å². The van der Waals surface area contributed by atoms with Crippen molar-refractivity contribution in [3.8, 4) is 17.2 Å². The number of para-hydroxylation sites is 1. The molecule has 116 valence electrons. The molecule has 3 aromatic rings. The molecule has 0 aliphatic carbocycles. The van der Waals surface area contributed by atoms with Gasteiger partial charge >= 0.3 is 0 Å². The molecule has 23 heavy (non-hydrogen) atoms. The molecular formula is C19H18NO3+. The van der Waals surface area contributed by atoms with Crippen LogP contribution in [0.4, 0.5) is 0 Å². The van der Waals surface area contributed by atoms with Crippen molar-refractivity contribution < 1.29 is 19.5 Å². The minimum atomic E-state index is 0.107. The molecule has 0 saturated carbocycles. The third-order valence-corrected chi connectivity index (χ3v) is 3.85. The number of fused-ring (bicyclic) bond motifs is 1. The van der Waals surface area contributed by atoms with Gasteiger partial charge in [0.25, 0.3) is 5.52 Å². The van der Waals surface area contributed by atoms with E-state index in [0.29, 0.717) is 5.75 Å². The third-order valence-electron chi connectivity index (χ3n) is 3.85. The lowest BCUT2D eigenvalue weighted by molar-refractivity contribution is -0.646. The topological polar surface area (TPSA) is 53.6 Å². The SMILES string of the molecule is COc1ccc(C=Cc2ccc3cccc(O)c3[n+]2C)cc1O. The summed E-state index contributed by atoms with van der Waals surface area (Å²) in [5.41, 5.74) is 2.59. The van der Waals surface area contributed by atoms with E-state index < -0.39 is 0 Å². The predicted molar refractivity (Wildman–Crippen MR) is 90.4 cm³/mol. The summed E-state index contributed by atoms with van der Waals surface area (Å²) < 4.78 is 6.97. The van der Waals surface area contributed by atoms with E-state index in [1.54, 1.807) is 18.2 Å². The van der Waals surface area contributed by atoms with Crippen LogP contribution in [0.2, 0.25) is 0 Å². The molecule has 3 rings (SSSR count). The van der Waals surface area contributed by atoms with Gasteiger partial charge < -0.3 is 14.9 Å². The Kier molecular flexibility index (Phi) is 3.89. The Morgan fingerprint density at radius 1 is 0.957 bits per heavy atom. The van der Waals surface area contributed by atoms with Crippen LogP contribution >= 0.6 is 0 Å². The lowest BCUT2D eigenvalue weighted by Gasteiger charge is -2.04. The summed E-state index contributed by atoms with van der Waals surface area (Å²) >= 11 is 0. The quantitative estimate of drug-likeness (QED) is 0.730. The highest BCUT2D eigenvalue weighted by molar-refractivity contribution is 5.82. The van der Waals surface area contributed by atoms with Crippen LogP contribution in [0.1, 0.15) is 11.3 Å². The summed E-state index contributed by atoms with van der Waals surface area (Å²) in [4.78, 5) is 0. The number of pyridine rings is 1. The molecule has 0 amide bonds. The molecule has 0 atom stereocenters. The van der Waals surface area contributed by atoms with Crippen molar-refractivity contribution >= 4 is 23.1 Å². The maximum Gasteiger partial charge on any atom is 0.254 e.